The molecule has 0 aromatic heterocycles. The zero-order valence-corrected chi connectivity index (χ0v) is 19.1. The average molecular weight is 417 g/mol. The van der Waals surface area contributed by atoms with E-state index in [1.165, 1.54) is 34.6 Å². The second kappa shape index (κ2) is 10.4. The maximum atomic E-state index is 12.8. The predicted molar refractivity (Wildman–Crippen MR) is 120 cm³/mol. The van der Waals surface area contributed by atoms with Gasteiger partial charge in [0.15, 0.2) is 12.6 Å². The van der Waals surface area contributed by atoms with E-state index in [0.29, 0.717) is 18.5 Å². The van der Waals surface area contributed by atoms with E-state index in [1.807, 2.05) is 19.1 Å². The molecule has 1 saturated carbocycles. The number of quaternary nitrogens is 2. The van der Waals surface area contributed by atoms with Crippen LogP contribution in [0.2, 0.25) is 0 Å². The third-order valence-electron chi connectivity index (χ3n) is 7.33. The van der Waals surface area contributed by atoms with Crippen LogP contribution in [-0.4, -0.2) is 56.6 Å². The van der Waals surface area contributed by atoms with Crippen LogP contribution in [0.25, 0.3) is 0 Å². The van der Waals surface area contributed by atoms with Crippen molar-refractivity contribution in [2.24, 2.45) is 5.92 Å². The molecule has 0 unspecified atom stereocenters. The molecular formula is C24H40N4O2+2. The molecule has 4 N–H and O–H groups in total. The fourth-order valence-corrected chi connectivity index (χ4v) is 4.87. The van der Waals surface area contributed by atoms with Crippen LogP contribution in [0.5, 0.6) is 0 Å². The number of benzene rings is 1. The third-order valence-corrected chi connectivity index (χ3v) is 7.33. The van der Waals surface area contributed by atoms with Gasteiger partial charge in [-0.05, 0) is 56.7 Å². The van der Waals surface area contributed by atoms with Crippen LogP contribution in [0.3, 0.4) is 0 Å². The fraction of sp³-hybridized carbons (Fsp3) is 0.667. The number of hydrogen-bond acceptors (Lipinski definition) is 2. The van der Waals surface area contributed by atoms with Crippen LogP contribution >= 0.6 is 0 Å². The topological polar surface area (TPSA) is 67.1 Å². The number of aryl methyl sites for hydroxylation is 1. The monoisotopic (exact) mass is 416 g/mol. The molecule has 0 bridgehead atoms. The molecule has 2 fully saturated rings. The van der Waals surface area contributed by atoms with Crippen molar-refractivity contribution in [1.29, 1.82) is 0 Å². The summed E-state index contributed by atoms with van der Waals surface area (Å²) in [5.74, 6) is 0.848. The zero-order valence-electron chi connectivity index (χ0n) is 19.1. The quantitative estimate of drug-likeness (QED) is 0.532. The smallest absolute Gasteiger partial charge is 0.279 e. The number of nitrogens with one attached hydrogen (secondary N) is 4. The SMILES string of the molecule is Cc1cccc(NC(=O)C[NH+]2CC[NH+]([C@H](C)C(=O)N[C@@H]3CCCC[C@@H]3C)CC2)c1C. The molecule has 2 aliphatic rings. The Bertz CT molecular complexity index is 743. The highest BCUT2D eigenvalue weighted by molar-refractivity contribution is 5.92. The molecule has 6 nitrogen and oxygen atoms in total. The molecule has 1 aliphatic heterocycles. The van der Waals surface area contributed by atoms with E-state index in [4.69, 9.17) is 0 Å². The molecule has 0 spiro atoms. The summed E-state index contributed by atoms with van der Waals surface area (Å²) in [6, 6.07) is 6.32. The van der Waals surface area contributed by atoms with E-state index in [9.17, 15) is 9.59 Å². The molecule has 6 heteroatoms. The van der Waals surface area contributed by atoms with Crippen LogP contribution in [0.1, 0.15) is 50.7 Å². The van der Waals surface area contributed by atoms with Crippen molar-refractivity contribution in [3.8, 4) is 0 Å². The van der Waals surface area contributed by atoms with Gasteiger partial charge in [-0.25, -0.2) is 0 Å². The van der Waals surface area contributed by atoms with Crippen LogP contribution in [0.15, 0.2) is 18.2 Å². The van der Waals surface area contributed by atoms with Crippen molar-refractivity contribution in [1.82, 2.24) is 5.32 Å². The highest BCUT2D eigenvalue weighted by Crippen LogP contribution is 2.23. The van der Waals surface area contributed by atoms with E-state index in [-0.39, 0.29) is 17.9 Å². The standard InChI is InChI=1S/C24H38N4O2/c1-17-9-7-11-22(19(17)3)25-23(29)16-27-12-14-28(15-13-27)20(4)24(30)26-21-10-6-5-8-18(21)2/h7,9,11,18,20-21H,5-6,8,10,12-16H2,1-4H3,(H,25,29)(H,26,30)/p+2/t18-,20+,21+/m0/s1. The van der Waals surface area contributed by atoms with Crippen molar-refractivity contribution in [2.75, 3.05) is 38.0 Å². The second-order valence-electron chi connectivity index (χ2n) is 9.48. The number of hydrogen-bond donors (Lipinski definition) is 4. The number of carbonyl (C=O) groups excluding carboxylic acids is 2. The average Bonchev–Trinajstić information content (AvgIpc) is 2.73. The van der Waals surface area contributed by atoms with Gasteiger partial charge in [0.05, 0.1) is 0 Å². The third kappa shape index (κ3) is 5.82. The van der Waals surface area contributed by atoms with Crippen LogP contribution in [-0.2, 0) is 9.59 Å². The van der Waals surface area contributed by atoms with Gasteiger partial charge >= 0.3 is 0 Å². The van der Waals surface area contributed by atoms with Gasteiger partial charge in [0.1, 0.15) is 26.2 Å². The molecule has 1 aliphatic carbocycles. The summed E-state index contributed by atoms with van der Waals surface area (Å²) in [6.45, 7) is 12.6. The lowest BCUT2D eigenvalue weighted by molar-refractivity contribution is -1.01. The zero-order chi connectivity index (χ0) is 21.7. The molecule has 1 aromatic carbocycles. The molecule has 3 atom stereocenters. The molecule has 2 amide bonds. The Morgan fingerprint density at radius 3 is 2.50 bits per heavy atom. The number of carbonyl (C=O) groups is 2. The van der Waals surface area contributed by atoms with Crippen molar-refractivity contribution in [3.05, 3.63) is 29.3 Å². The van der Waals surface area contributed by atoms with E-state index in [0.717, 1.165) is 43.9 Å². The Morgan fingerprint density at radius 2 is 1.80 bits per heavy atom. The van der Waals surface area contributed by atoms with Gasteiger partial charge in [-0.2, -0.15) is 0 Å². The molecular weight excluding hydrogens is 376 g/mol. The lowest BCUT2D eigenvalue weighted by Crippen LogP contribution is -3.30. The first-order valence-corrected chi connectivity index (χ1v) is 11.7. The summed E-state index contributed by atoms with van der Waals surface area (Å²) in [4.78, 5) is 27.9. The Morgan fingerprint density at radius 1 is 1.10 bits per heavy atom. The van der Waals surface area contributed by atoms with Gasteiger partial charge < -0.3 is 20.4 Å². The van der Waals surface area contributed by atoms with E-state index >= 15 is 0 Å². The maximum Gasteiger partial charge on any atom is 0.279 e. The first kappa shape index (κ1) is 22.8. The molecule has 0 radical (unpaired) electrons. The largest absolute Gasteiger partial charge is 0.348 e. The maximum absolute atomic E-state index is 12.8. The van der Waals surface area contributed by atoms with Crippen LogP contribution in [0.4, 0.5) is 5.69 Å². The van der Waals surface area contributed by atoms with Crippen molar-refractivity contribution >= 4 is 17.5 Å². The molecule has 1 saturated heterocycles. The molecule has 30 heavy (non-hydrogen) atoms. The van der Waals surface area contributed by atoms with Crippen molar-refractivity contribution in [2.45, 2.75) is 65.5 Å². The first-order chi connectivity index (χ1) is 14.3. The van der Waals surface area contributed by atoms with Gasteiger partial charge in [0, 0.05) is 11.7 Å². The fourth-order valence-electron chi connectivity index (χ4n) is 4.87. The van der Waals surface area contributed by atoms with E-state index in [1.54, 1.807) is 0 Å². The van der Waals surface area contributed by atoms with Gasteiger partial charge in [-0.15, -0.1) is 0 Å². The Labute approximate surface area is 181 Å². The number of rotatable bonds is 6. The lowest BCUT2D eigenvalue weighted by atomic mass is 9.86. The summed E-state index contributed by atoms with van der Waals surface area (Å²) < 4.78 is 0. The van der Waals surface area contributed by atoms with Gasteiger partial charge in [0.2, 0.25) is 0 Å². The minimum absolute atomic E-state index is 0.0237. The number of piperazine rings is 1. The van der Waals surface area contributed by atoms with Crippen LogP contribution < -0.4 is 20.4 Å². The second-order valence-corrected chi connectivity index (χ2v) is 9.48. The Hall–Kier alpha value is -1.92. The van der Waals surface area contributed by atoms with Gasteiger partial charge in [-0.3, -0.25) is 9.59 Å². The predicted octanol–water partition coefficient (Wildman–Crippen LogP) is 0.109. The van der Waals surface area contributed by atoms with Crippen molar-refractivity contribution in [3.63, 3.8) is 0 Å². The van der Waals surface area contributed by atoms with Crippen molar-refractivity contribution < 1.29 is 19.4 Å². The number of anilines is 1. The summed E-state index contributed by atoms with van der Waals surface area (Å²) in [7, 11) is 0. The van der Waals surface area contributed by atoms with Crippen LogP contribution in [0, 0.1) is 19.8 Å². The van der Waals surface area contributed by atoms with Gasteiger partial charge in [-0.1, -0.05) is 31.9 Å². The highest BCUT2D eigenvalue weighted by Gasteiger charge is 2.33. The summed E-state index contributed by atoms with van der Waals surface area (Å²) in [6.07, 6.45) is 4.85. The normalized spacial score (nSPS) is 27.9. The Balaban J connectivity index is 1.43. The van der Waals surface area contributed by atoms with E-state index < -0.39 is 0 Å². The highest BCUT2D eigenvalue weighted by atomic mass is 16.2. The summed E-state index contributed by atoms with van der Waals surface area (Å²) >= 11 is 0. The minimum Gasteiger partial charge on any atom is -0.348 e. The minimum atomic E-state index is -0.0237. The molecule has 166 valence electrons. The van der Waals surface area contributed by atoms with E-state index in [2.05, 4.69) is 37.5 Å². The summed E-state index contributed by atoms with van der Waals surface area (Å²) in [5.41, 5.74) is 3.22. The Kier molecular flexibility index (Phi) is 7.89. The first-order valence-electron chi connectivity index (χ1n) is 11.7. The molecule has 3 rings (SSSR count). The summed E-state index contributed by atoms with van der Waals surface area (Å²) in [5, 5.41) is 6.38. The van der Waals surface area contributed by atoms with Gasteiger partial charge in [0.25, 0.3) is 11.8 Å². The molecule has 1 heterocycles. The molecule has 1 aromatic rings. The lowest BCUT2D eigenvalue weighted by Gasteiger charge is -2.34. The number of amides is 2.